The average Bonchev–Trinajstić information content (AvgIpc) is 3.32. The average molecular weight is 1170 g/mol. The lowest BCUT2D eigenvalue weighted by atomic mass is 10.1. The topological polar surface area (TPSA) is 259 Å². The second kappa shape index (κ2) is 26.8. The van der Waals surface area contributed by atoms with Crippen molar-refractivity contribution in [3.05, 3.63) is 152 Å². The standard InChI is InChI=1S/C26H26Cl2N2O7S2.C24H22Cl2N2O7S/c1-4-29-26(32)17-6-9-22(21(13-17)30-39(34,35)25-10-7-18(27)14-20(25)28)37-23-8-5-16(12-24(23)36-2)11-19(31)15-38(3)33;1-3-27-24(31)15-5-8-19(35-20-7-4-14(11-23(29)30)10-21(20)34-2)18(12-15)28-36(32,33)22-9-6-16(25)13-17(22)26/h5-10,12-14,30H,4,11,15H2,1-3H3,(H,29,32);4-10,12-13,28H,3,11H2,1-2H3,(H,27,31)(H,29,30). The smallest absolute Gasteiger partial charge is 0.307 e. The summed E-state index contributed by atoms with van der Waals surface area (Å²) in [6.45, 7) is 4.26. The van der Waals surface area contributed by atoms with Gasteiger partial charge in [0.25, 0.3) is 31.9 Å². The van der Waals surface area contributed by atoms with Gasteiger partial charge in [0.15, 0.2) is 34.5 Å². The molecule has 18 nitrogen and oxygen atoms in total. The lowest BCUT2D eigenvalue weighted by Gasteiger charge is -2.17. The molecule has 0 spiro atoms. The molecule has 75 heavy (non-hydrogen) atoms. The maximum Gasteiger partial charge on any atom is 0.307 e. The molecule has 0 aromatic heterocycles. The van der Waals surface area contributed by atoms with E-state index in [1.165, 1.54) is 105 Å². The van der Waals surface area contributed by atoms with Gasteiger partial charge in [-0.2, -0.15) is 0 Å². The predicted octanol–water partition coefficient (Wildman–Crippen LogP) is 9.81. The molecule has 0 fully saturated rings. The third-order valence-corrected chi connectivity index (χ3v) is 14.9. The summed E-state index contributed by atoms with van der Waals surface area (Å²) in [5, 5.41) is 14.7. The number of Topliss-reactive ketones (excluding diaryl/α,β-unsaturated/α-hetero) is 1. The predicted molar refractivity (Wildman–Crippen MR) is 289 cm³/mol. The number of benzene rings is 6. The molecule has 25 heteroatoms. The minimum atomic E-state index is -4.22. The Kier molecular flexibility index (Phi) is 21.2. The number of halogens is 4. The number of amides is 2. The molecule has 0 aliphatic heterocycles. The minimum absolute atomic E-state index is 0.0310. The molecule has 1 unspecified atom stereocenters. The summed E-state index contributed by atoms with van der Waals surface area (Å²) in [5.41, 5.74) is 1.42. The molecule has 398 valence electrons. The number of aliphatic carboxylic acids is 1. The van der Waals surface area contributed by atoms with Crippen LogP contribution < -0.4 is 39.0 Å². The Morgan fingerprint density at radius 2 is 0.947 bits per heavy atom. The highest BCUT2D eigenvalue weighted by Gasteiger charge is 2.25. The number of carbonyl (C=O) groups is 4. The van der Waals surface area contributed by atoms with Crippen molar-refractivity contribution < 1.29 is 64.3 Å². The van der Waals surface area contributed by atoms with Crippen molar-refractivity contribution in [3.8, 4) is 34.5 Å². The van der Waals surface area contributed by atoms with Crippen LogP contribution in [0.4, 0.5) is 11.4 Å². The number of rotatable bonds is 22. The van der Waals surface area contributed by atoms with Crippen LogP contribution in [0.1, 0.15) is 45.7 Å². The highest BCUT2D eigenvalue weighted by atomic mass is 35.5. The number of nitrogens with one attached hydrogen (secondary N) is 4. The Balaban J connectivity index is 0.000000278. The second-order valence-corrected chi connectivity index (χ2v) is 22.1. The van der Waals surface area contributed by atoms with Crippen LogP contribution in [0.25, 0.3) is 0 Å². The number of ether oxygens (including phenoxy) is 4. The molecule has 0 aliphatic rings. The third-order valence-electron chi connectivity index (χ3n) is 10.0. The van der Waals surface area contributed by atoms with E-state index in [4.69, 9.17) is 70.5 Å². The molecular formula is C50H48Cl4N4O14S3. The van der Waals surface area contributed by atoms with E-state index in [-0.39, 0.29) is 111 Å². The van der Waals surface area contributed by atoms with Crippen LogP contribution in [0.2, 0.25) is 20.1 Å². The van der Waals surface area contributed by atoms with Gasteiger partial charge in [-0.05, 0) is 122 Å². The Morgan fingerprint density at radius 3 is 1.31 bits per heavy atom. The van der Waals surface area contributed by atoms with Crippen LogP contribution in [0, 0.1) is 0 Å². The quantitative estimate of drug-likeness (QED) is 0.0424. The number of hydrogen-bond donors (Lipinski definition) is 5. The SMILES string of the molecule is CCNC(=O)c1ccc(Oc2ccc(CC(=O)CS(C)=O)cc2OC)c(NS(=O)(=O)c2ccc(Cl)cc2Cl)c1.CCNC(=O)c1ccc(Oc2ccc(CC(=O)O)cc2OC)c(NS(=O)(=O)c2ccc(Cl)cc2Cl)c1. The Labute approximate surface area is 455 Å². The fraction of sp³-hybridized carbons (Fsp3) is 0.200. The zero-order chi connectivity index (χ0) is 55.2. The molecular weight excluding hydrogens is 1120 g/mol. The molecule has 1 atom stereocenters. The summed E-state index contributed by atoms with van der Waals surface area (Å²) < 4.78 is 91.6. The van der Waals surface area contributed by atoms with Crippen molar-refractivity contribution in [1.82, 2.24) is 10.6 Å². The summed E-state index contributed by atoms with van der Waals surface area (Å²) in [6.07, 6.45) is 1.30. The molecule has 0 saturated heterocycles. The van der Waals surface area contributed by atoms with E-state index < -0.39 is 48.6 Å². The first-order valence-electron chi connectivity index (χ1n) is 22.0. The van der Waals surface area contributed by atoms with Crippen molar-refractivity contribution in [3.63, 3.8) is 0 Å². The summed E-state index contributed by atoms with van der Waals surface area (Å²) in [6, 6.07) is 25.7. The van der Waals surface area contributed by atoms with Crippen molar-refractivity contribution in [2.75, 3.05) is 48.8 Å². The summed E-state index contributed by atoms with van der Waals surface area (Å²) in [5.74, 6) is -1.02. The van der Waals surface area contributed by atoms with Crippen LogP contribution in [0.5, 0.6) is 34.5 Å². The molecule has 6 aromatic carbocycles. The van der Waals surface area contributed by atoms with Gasteiger partial charge in [0, 0.05) is 57.7 Å². The van der Waals surface area contributed by atoms with Gasteiger partial charge in [-0.1, -0.05) is 58.5 Å². The fourth-order valence-corrected chi connectivity index (χ4v) is 10.9. The Bertz CT molecular complexity index is 3380. The molecule has 0 saturated carbocycles. The van der Waals surface area contributed by atoms with Crippen LogP contribution >= 0.6 is 46.4 Å². The van der Waals surface area contributed by atoms with E-state index in [1.54, 1.807) is 38.1 Å². The fourth-order valence-electron chi connectivity index (χ4n) is 6.72. The first-order valence-corrected chi connectivity index (χ1v) is 28.2. The van der Waals surface area contributed by atoms with Gasteiger partial charge in [0.05, 0.1) is 47.8 Å². The van der Waals surface area contributed by atoms with Gasteiger partial charge in [0.2, 0.25) is 0 Å². The number of carboxylic acid groups (broad SMARTS) is 1. The van der Waals surface area contributed by atoms with Crippen LogP contribution in [0.3, 0.4) is 0 Å². The largest absolute Gasteiger partial charge is 0.493 e. The van der Waals surface area contributed by atoms with Gasteiger partial charge >= 0.3 is 5.97 Å². The maximum atomic E-state index is 13.2. The van der Waals surface area contributed by atoms with Gasteiger partial charge in [-0.3, -0.25) is 32.8 Å². The third kappa shape index (κ3) is 16.7. The number of anilines is 2. The molecule has 0 aliphatic carbocycles. The lowest BCUT2D eigenvalue weighted by molar-refractivity contribution is -0.136. The van der Waals surface area contributed by atoms with Gasteiger partial charge < -0.3 is 34.7 Å². The first-order chi connectivity index (χ1) is 35.5. The Morgan fingerprint density at radius 1 is 0.547 bits per heavy atom. The lowest BCUT2D eigenvalue weighted by Crippen LogP contribution is -2.23. The van der Waals surface area contributed by atoms with E-state index in [2.05, 4.69) is 20.1 Å². The monoisotopic (exact) mass is 1160 g/mol. The van der Waals surface area contributed by atoms with Gasteiger partial charge in [0.1, 0.15) is 15.6 Å². The molecule has 6 aromatic rings. The summed E-state index contributed by atoms with van der Waals surface area (Å²) in [7, 11) is -6.88. The summed E-state index contributed by atoms with van der Waals surface area (Å²) >= 11 is 24.0. The van der Waals surface area contributed by atoms with Crippen LogP contribution in [-0.4, -0.2) is 89.0 Å². The van der Waals surface area contributed by atoms with Crippen molar-refractivity contribution in [1.29, 1.82) is 0 Å². The second-order valence-electron chi connectivity index (χ2n) is 15.7. The Hall–Kier alpha value is -6.59. The van der Waals surface area contributed by atoms with Crippen LogP contribution in [0.15, 0.2) is 119 Å². The van der Waals surface area contributed by atoms with E-state index in [9.17, 15) is 40.2 Å². The molecule has 0 bridgehead atoms. The van der Waals surface area contributed by atoms with Crippen molar-refractivity contribution >= 4 is 112 Å². The highest BCUT2D eigenvalue weighted by Crippen LogP contribution is 2.40. The zero-order valence-corrected chi connectivity index (χ0v) is 45.9. The zero-order valence-electron chi connectivity index (χ0n) is 40.4. The minimum Gasteiger partial charge on any atom is -0.493 e. The molecule has 2 amide bonds. The maximum absolute atomic E-state index is 13.2. The normalized spacial score (nSPS) is 11.5. The number of ketones is 1. The van der Waals surface area contributed by atoms with Crippen molar-refractivity contribution in [2.24, 2.45) is 0 Å². The van der Waals surface area contributed by atoms with Gasteiger partial charge in [-0.15, -0.1) is 0 Å². The van der Waals surface area contributed by atoms with Crippen molar-refractivity contribution in [2.45, 2.75) is 36.5 Å². The number of methoxy groups -OCH3 is 2. The number of hydrogen-bond acceptors (Lipinski definition) is 13. The number of carbonyl (C=O) groups excluding carboxylic acids is 3. The summed E-state index contributed by atoms with van der Waals surface area (Å²) in [4.78, 5) is 47.5. The van der Waals surface area contributed by atoms with E-state index in [0.29, 0.717) is 24.2 Å². The highest BCUT2D eigenvalue weighted by molar-refractivity contribution is 7.93. The molecule has 0 heterocycles. The first kappa shape index (κ1) is 59.3. The van der Waals surface area contributed by atoms with E-state index in [0.717, 1.165) is 0 Å². The number of sulfonamides is 2. The van der Waals surface area contributed by atoms with E-state index >= 15 is 0 Å². The van der Waals surface area contributed by atoms with Crippen LogP contribution in [-0.2, 0) is 53.3 Å². The van der Waals surface area contributed by atoms with E-state index in [1.807, 2.05) is 0 Å². The molecule has 5 N–H and O–H groups in total. The molecule has 0 radical (unpaired) electrons. The van der Waals surface area contributed by atoms with Gasteiger partial charge in [-0.25, -0.2) is 16.8 Å². The molecule has 6 rings (SSSR count). The number of carboxylic acids is 1.